The highest BCUT2D eigenvalue weighted by Crippen LogP contribution is 2.41. The average molecular weight is 230 g/mol. The summed E-state index contributed by atoms with van der Waals surface area (Å²) in [5, 5.41) is 9.26. The first-order valence-electron chi connectivity index (χ1n) is 5.07. The van der Waals surface area contributed by atoms with Crippen molar-refractivity contribution in [2.75, 3.05) is 0 Å². The predicted molar refractivity (Wildman–Crippen MR) is 62.5 cm³/mol. The fourth-order valence-corrected chi connectivity index (χ4v) is 3.65. The lowest BCUT2D eigenvalue weighted by atomic mass is 10.0. The highest BCUT2D eigenvalue weighted by atomic mass is 32.2. The third-order valence-electron chi connectivity index (χ3n) is 2.83. The number of aliphatic hydroxyl groups is 1. The van der Waals surface area contributed by atoms with E-state index in [1.165, 1.54) is 0 Å². The molecule has 16 heavy (non-hydrogen) atoms. The smallest absolute Gasteiger partial charge is 0.0865 e. The van der Waals surface area contributed by atoms with Crippen molar-refractivity contribution in [1.29, 1.82) is 0 Å². The maximum atomic E-state index is 12.3. The number of fused-ring (bicyclic) bond motifs is 3. The summed E-state index contributed by atoms with van der Waals surface area (Å²) in [6.07, 6.45) is 0. The molecular weight excluding hydrogens is 220 g/mol. The topological polar surface area (TPSA) is 37.3 Å². The molecule has 3 heteroatoms. The van der Waals surface area contributed by atoms with E-state index in [1.807, 2.05) is 42.5 Å². The quantitative estimate of drug-likeness (QED) is 0.696. The molecule has 80 valence electrons. The molecule has 2 aromatic rings. The van der Waals surface area contributed by atoms with Crippen LogP contribution in [0.15, 0.2) is 52.3 Å². The van der Waals surface area contributed by atoms with Gasteiger partial charge in [-0.15, -0.1) is 0 Å². The molecule has 1 aliphatic rings. The molecule has 0 saturated heterocycles. The molecule has 0 aromatic heterocycles. The highest BCUT2D eigenvalue weighted by molar-refractivity contribution is 7.85. The number of benzene rings is 2. The summed E-state index contributed by atoms with van der Waals surface area (Å²) in [6, 6.07) is 13.4. The van der Waals surface area contributed by atoms with Gasteiger partial charge in [0, 0.05) is 0 Å². The zero-order valence-electron chi connectivity index (χ0n) is 8.51. The fourth-order valence-electron chi connectivity index (χ4n) is 2.10. The van der Waals surface area contributed by atoms with Crippen LogP contribution in [0, 0.1) is 0 Å². The van der Waals surface area contributed by atoms with Crippen molar-refractivity contribution in [2.45, 2.75) is 16.4 Å². The van der Waals surface area contributed by atoms with Crippen LogP contribution in [0.3, 0.4) is 0 Å². The highest BCUT2D eigenvalue weighted by Gasteiger charge is 2.26. The van der Waals surface area contributed by atoms with Gasteiger partial charge in [-0.05, 0) is 22.8 Å². The number of aliphatic hydroxyl groups excluding tert-OH is 1. The van der Waals surface area contributed by atoms with Gasteiger partial charge in [-0.25, -0.2) is 4.21 Å². The molecule has 2 nitrogen and oxygen atoms in total. The van der Waals surface area contributed by atoms with E-state index >= 15 is 0 Å². The second-order valence-corrected chi connectivity index (χ2v) is 5.10. The van der Waals surface area contributed by atoms with E-state index in [0.29, 0.717) is 0 Å². The molecule has 3 rings (SSSR count). The van der Waals surface area contributed by atoms with Gasteiger partial charge in [0.1, 0.15) is 0 Å². The molecule has 1 unspecified atom stereocenters. The van der Waals surface area contributed by atoms with Gasteiger partial charge in [-0.3, -0.25) is 0 Å². The normalized spacial score (nSPS) is 16.9. The van der Waals surface area contributed by atoms with Gasteiger partial charge < -0.3 is 5.11 Å². The third kappa shape index (κ3) is 1.19. The van der Waals surface area contributed by atoms with E-state index in [-0.39, 0.29) is 6.61 Å². The Balaban J connectivity index is 2.37. The second-order valence-electron chi connectivity index (χ2n) is 3.72. The molecule has 1 atom stereocenters. The summed E-state index contributed by atoms with van der Waals surface area (Å²) in [5.41, 5.74) is 2.76. The minimum absolute atomic E-state index is 0.0666. The molecule has 0 radical (unpaired) electrons. The standard InChI is InChI=1S/C13H10O2S/c14-8-9-4-3-6-11-10-5-1-2-7-12(10)16(15)13(9)11/h1-7,14H,8H2. The average Bonchev–Trinajstić information content (AvgIpc) is 2.64. The van der Waals surface area contributed by atoms with Crippen molar-refractivity contribution < 1.29 is 9.32 Å². The van der Waals surface area contributed by atoms with Crippen molar-refractivity contribution >= 4 is 10.8 Å². The first-order chi connectivity index (χ1) is 7.83. The number of rotatable bonds is 1. The van der Waals surface area contributed by atoms with Crippen molar-refractivity contribution in [3.8, 4) is 11.1 Å². The van der Waals surface area contributed by atoms with E-state index in [9.17, 15) is 9.32 Å². The molecule has 2 aromatic carbocycles. The lowest BCUT2D eigenvalue weighted by Crippen LogP contribution is -1.93. The summed E-state index contributed by atoms with van der Waals surface area (Å²) in [4.78, 5) is 1.62. The summed E-state index contributed by atoms with van der Waals surface area (Å²) >= 11 is 0. The molecule has 0 spiro atoms. The SMILES string of the molecule is O=S1c2ccccc2-c2cccc(CO)c21. The van der Waals surface area contributed by atoms with Crippen molar-refractivity contribution in [3.05, 3.63) is 48.0 Å². The first kappa shape index (κ1) is 9.75. The minimum Gasteiger partial charge on any atom is -0.392 e. The Morgan fingerprint density at radius 3 is 2.56 bits per heavy atom. The van der Waals surface area contributed by atoms with Crippen LogP contribution in [-0.2, 0) is 17.4 Å². The lowest BCUT2D eigenvalue weighted by molar-refractivity contribution is 0.279. The van der Waals surface area contributed by atoms with E-state index in [1.54, 1.807) is 0 Å². The van der Waals surface area contributed by atoms with Crippen LogP contribution in [0.2, 0.25) is 0 Å². The molecule has 0 amide bonds. The van der Waals surface area contributed by atoms with Gasteiger partial charge in [-0.1, -0.05) is 36.4 Å². The van der Waals surface area contributed by atoms with E-state index in [4.69, 9.17) is 0 Å². The van der Waals surface area contributed by atoms with E-state index in [0.717, 1.165) is 26.5 Å². The van der Waals surface area contributed by atoms with Gasteiger partial charge in [0.25, 0.3) is 0 Å². The van der Waals surface area contributed by atoms with Crippen LogP contribution in [-0.4, -0.2) is 9.32 Å². The summed E-state index contributed by atoms with van der Waals surface area (Å²) in [6.45, 7) is -0.0666. The number of hydrogen-bond acceptors (Lipinski definition) is 2. The Bertz CT molecular complexity index is 590. The minimum atomic E-state index is -1.14. The van der Waals surface area contributed by atoms with E-state index in [2.05, 4.69) is 0 Å². The molecule has 0 fully saturated rings. The van der Waals surface area contributed by atoms with Crippen molar-refractivity contribution in [1.82, 2.24) is 0 Å². The maximum Gasteiger partial charge on any atom is 0.0865 e. The Hall–Kier alpha value is -1.45. The van der Waals surface area contributed by atoms with Crippen LogP contribution >= 0.6 is 0 Å². The monoisotopic (exact) mass is 230 g/mol. The number of hydrogen-bond donors (Lipinski definition) is 1. The molecule has 1 N–H and O–H groups in total. The fraction of sp³-hybridized carbons (Fsp3) is 0.0769. The molecule has 0 saturated carbocycles. The third-order valence-corrected chi connectivity index (χ3v) is 4.44. The van der Waals surface area contributed by atoms with Gasteiger partial charge in [0.15, 0.2) is 0 Å². The Morgan fingerprint density at radius 2 is 1.75 bits per heavy atom. The van der Waals surface area contributed by atoms with Crippen molar-refractivity contribution in [2.24, 2.45) is 0 Å². The first-order valence-corrected chi connectivity index (χ1v) is 6.22. The Labute approximate surface area is 96.0 Å². The molecule has 1 aliphatic heterocycles. The molecular formula is C13H10O2S. The van der Waals surface area contributed by atoms with Crippen LogP contribution < -0.4 is 0 Å². The van der Waals surface area contributed by atoms with Crippen LogP contribution in [0.5, 0.6) is 0 Å². The van der Waals surface area contributed by atoms with Gasteiger partial charge >= 0.3 is 0 Å². The molecule has 0 aliphatic carbocycles. The zero-order chi connectivity index (χ0) is 11.1. The second kappa shape index (κ2) is 3.54. The van der Waals surface area contributed by atoms with E-state index < -0.39 is 10.8 Å². The van der Waals surface area contributed by atoms with Gasteiger partial charge in [0.05, 0.1) is 27.2 Å². The van der Waals surface area contributed by atoms with Gasteiger partial charge in [0.2, 0.25) is 0 Å². The summed E-state index contributed by atoms with van der Waals surface area (Å²) < 4.78 is 12.3. The van der Waals surface area contributed by atoms with Crippen molar-refractivity contribution in [3.63, 3.8) is 0 Å². The van der Waals surface area contributed by atoms with Crippen LogP contribution in [0.25, 0.3) is 11.1 Å². The molecule has 0 bridgehead atoms. The predicted octanol–water partition coefficient (Wildman–Crippen LogP) is 2.33. The maximum absolute atomic E-state index is 12.3. The van der Waals surface area contributed by atoms with Gasteiger partial charge in [-0.2, -0.15) is 0 Å². The largest absolute Gasteiger partial charge is 0.392 e. The Kier molecular flexibility index (Phi) is 2.16. The summed E-state index contributed by atoms with van der Waals surface area (Å²) in [5.74, 6) is 0. The van der Waals surface area contributed by atoms with Crippen LogP contribution in [0.1, 0.15) is 5.56 Å². The van der Waals surface area contributed by atoms with Crippen LogP contribution in [0.4, 0.5) is 0 Å². The Morgan fingerprint density at radius 1 is 1.00 bits per heavy atom. The molecule has 1 heterocycles. The lowest BCUT2D eigenvalue weighted by Gasteiger charge is -2.03. The summed E-state index contributed by atoms with van der Waals surface area (Å²) in [7, 11) is -1.14. The zero-order valence-corrected chi connectivity index (χ0v) is 9.33.